The summed E-state index contributed by atoms with van der Waals surface area (Å²) in [5.74, 6) is -0.622. The molecule has 1 heterocycles. The molecule has 6 nitrogen and oxygen atoms in total. The quantitative estimate of drug-likeness (QED) is 0.596. The van der Waals surface area contributed by atoms with Crippen LogP contribution in [0, 0.1) is 0 Å². The Hall–Kier alpha value is -2.23. The number of fused-ring (bicyclic) bond motifs is 1. The fourth-order valence-electron chi connectivity index (χ4n) is 2.66. The third-order valence-corrected chi connectivity index (χ3v) is 4.98. The first-order valence-electron chi connectivity index (χ1n) is 9.38. The van der Waals surface area contributed by atoms with Crippen molar-refractivity contribution in [3.8, 4) is 0 Å². The second kappa shape index (κ2) is 10.00. The van der Waals surface area contributed by atoms with Crippen molar-refractivity contribution in [1.29, 1.82) is 0 Å². The van der Waals surface area contributed by atoms with Crippen LogP contribution in [0.4, 0.5) is 13.2 Å². The fourth-order valence-corrected chi connectivity index (χ4v) is 3.53. The predicted octanol–water partition coefficient (Wildman–Crippen LogP) is 3.59. The molecule has 0 aliphatic rings. The van der Waals surface area contributed by atoms with Gasteiger partial charge in [-0.05, 0) is 38.5 Å². The molecule has 160 valence electrons. The summed E-state index contributed by atoms with van der Waals surface area (Å²) >= 11 is 1.14. The van der Waals surface area contributed by atoms with Gasteiger partial charge in [-0.15, -0.1) is 0 Å². The van der Waals surface area contributed by atoms with Gasteiger partial charge in [-0.1, -0.05) is 25.1 Å². The number of nitrogens with one attached hydrogen (secondary N) is 2. The predicted molar refractivity (Wildman–Crippen MR) is 107 cm³/mol. The number of benzene rings is 1. The number of unbranched alkanes of at least 4 members (excludes halogenated alkanes) is 1. The summed E-state index contributed by atoms with van der Waals surface area (Å²) in [5, 5.41) is 5.68. The van der Waals surface area contributed by atoms with E-state index in [9.17, 15) is 22.8 Å². The maximum absolute atomic E-state index is 13.0. The summed E-state index contributed by atoms with van der Waals surface area (Å²) < 4.78 is 40.8. The van der Waals surface area contributed by atoms with Gasteiger partial charge in [0.15, 0.2) is 5.16 Å². The van der Waals surface area contributed by atoms with Crippen molar-refractivity contribution in [2.24, 2.45) is 0 Å². The first-order valence-corrected chi connectivity index (χ1v) is 10.4. The number of alkyl halides is 3. The fraction of sp³-hybridized carbons (Fsp3) is 0.526. The number of thioether (sulfide) groups is 1. The van der Waals surface area contributed by atoms with Gasteiger partial charge in [-0.2, -0.15) is 13.2 Å². The summed E-state index contributed by atoms with van der Waals surface area (Å²) in [6.07, 6.45) is -2.69. The van der Waals surface area contributed by atoms with Crippen LogP contribution in [0.15, 0.2) is 23.4 Å². The number of hydrogen-bond donors (Lipinski definition) is 2. The van der Waals surface area contributed by atoms with Gasteiger partial charge in [-0.25, -0.2) is 4.98 Å². The summed E-state index contributed by atoms with van der Waals surface area (Å²) in [4.78, 5) is 27.9. The molecule has 0 atom stereocenters. The molecule has 1 aromatic heterocycles. The third-order valence-electron chi connectivity index (χ3n) is 4.00. The van der Waals surface area contributed by atoms with Crippen molar-refractivity contribution in [3.05, 3.63) is 23.8 Å². The largest absolute Gasteiger partial charge is 0.416 e. The van der Waals surface area contributed by atoms with E-state index in [4.69, 9.17) is 0 Å². The van der Waals surface area contributed by atoms with Crippen LogP contribution in [-0.2, 0) is 22.3 Å². The van der Waals surface area contributed by atoms with Crippen LogP contribution in [-0.4, -0.2) is 39.7 Å². The number of carbonyl (C=O) groups is 2. The number of imidazole rings is 1. The van der Waals surface area contributed by atoms with Crippen LogP contribution in [0.25, 0.3) is 11.0 Å². The van der Waals surface area contributed by atoms with Crippen LogP contribution >= 0.6 is 11.8 Å². The average Bonchev–Trinajstić information content (AvgIpc) is 2.98. The molecule has 0 saturated heterocycles. The lowest BCUT2D eigenvalue weighted by molar-refractivity contribution is -0.137. The van der Waals surface area contributed by atoms with Gasteiger partial charge in [0.05, 0.1) is 28.9 Å². The monoisotopic (exact) mass is 430 g/mol. The standard InChI is InChI=1S/C19H25F3N4O2S/c1-4-5-8-26-15-7-6-13(19(20,21)22)9-14(15)25-18(26)29-11-17(28)23-10-16(27)24-12(2)3/h6-7,9,12H,4-5,8,10-11H2,1-3H3,(H,23,28)(H,24,27). The number of hydrogen-bond acceptors (Lipinski definition) is 4. The Labute approximate surface area is 171 Å². The van der Waals surface area contributed by atoms with Gasteiger partial charge in [0.25, 0.3) is 0 Å². The third kappa shape index (κ3) is 6.66. The molecular weight excluding hydrogens is 405 g/mol. The highest BCUT2D eigenvalue weighted by molar-refractivity contribution is 7.99. The van der Waals surface area contributed by atoms with E-state index in [2.05, 4.69) is 15.6 Å². The molecule has 29 heavy (non-hydrogen) atoms. The second-order valence-corrected chi connectivity index (χ2v) is 7.83. The highest BCUT2D eigenvalue weighted by Crippen LogP contribution is 2.33. The topological polar surface area (TPSA) is 76.0 Å². The molecule has 0 fully saturated rings. The maximum Gasteiger partial charge on any atom is 0.416 e. The minimum atomic E-state index is -4.44. The number of carbonyl (C=O) groups excluding carboxylic acids is 2. The first kappa shape index (κ1) is 23.1. The lowest BCUT2D eigenvalue weighted by Crippen LogP contribution is -2.40. The molecule has 2 aromatic rings. The molecule has 0 spiro atoms. The van der Waals surface area contributed by atoms with E-state index in [1.807, 2.05) is 25.3 Å². The number of amides is 2. The van der Waals surface area contributed by atoms with Crippen molar-refractivity contribution in [2.75, 3.05) is 12.3 Å². The molecule has 0 radical (unpaired) electrons. The Bertz CT molecular complexity index is 865. The van der Waals surface area contributed by atoms with Gasteiger partial charge in [0, 0.05) is 12.6 Å². The highest BCUT2D eigenvalue weighted by Gasteiger charge is 2.31. The van der Waals surface area contributed by atoms with Crippen molar-refractivity contribution < 1.29 is 22.8 Å². The van der Waals surface area contributed by atoms with E-state index in [0.717, 1.165) is 36.7 Å². The van der Waals surface area contributed by atoms with E-state index in [1.54, 1.807) is 0 Å². The smallest absolute Gasteiger partial charge is 0.352 e. The van der Waals surface area contributed by atoms with E-state index < -0.39 is 11.7 Å². The molecule has 0 aliphatic carbocycles. The van der Waals surface area contributed by atoms with E-state index >= 15 is 0 Å². The maximum atomic E-state index is 13.0. The Morgan fingerprint density at radius 2 is 1.97 bits per heavy atom. The summed E-state index contributed by atoms with van der Waals surface area (Å²) in [7, 11) is 0. The van der Waals surface area contributed by atoms with Gasteiger partial charge < -0.3 is 15.2 Å². The van der Waals surface area contributed by atoms with Crippen molar-refractivity contribution in [3.63, 3.8) is 0 Å². The Morgan fingerprint density at radius 3 is 2.59 bits per heavy atom. The van der Waals surface area contributed by atoms with Gasteiger partial charge in [0.1, 0.15) is 0 Å². The van der Waals surface area contributed by atoms with E-state index in [1.165, 1.54) is 6.07 Å². The van der Waals surface area contributed by atoms with Crippen LogP contribution in [0.3, 0.4) is 0 Å². The first-order chi connectivity index (χ1) is 13.6. The van der Waals surface area contributed by atoms with Crippen molar-refractivity contribution in [2.45, 2.75) is 57.5 Å². The lowest BCUT2D eigenvalue weighted by Gasteiger charge is -2.10. The normalized spacial score (nSPS) is 11.8. The van der Waals surface area contributed by atoms with Gasteiger partial charge >= 0.3 is 6.18 Å². The number of nitrogens with zero attached hydrogens (tertiary/aromatic N) is 2. The Kier molecular flexibility index (Phi) is 7.95. The van der Waals surface area contributed by atoms with Crippen LogP contribution in [0.1, 0.15) is 39.2 Å². The van der Waals surface area contributed by atoms with Crippen molar-refractivity contribution >= 4 is 34.6 Å². The van der Waals surface area contributed by atoms with Crippen LogP contribution < -0.4 is 10.6 Å². The molecule has 0 unspecified atom stereocenters. The summed E-state index contributed by atoms with van der Waals surface area (Å²) in [6, 6.07) is 3.47. The molecule has 0 bridgehead atoms. The molecule has 2 N–H and O–H groups in total. The zero-order chi connectivity index (χ0) is 21.6. The molecule has 1 aromatic carbocycles. The van der Waals surface area contributed by atoms with Crippen molar-refractivity contribution in [1.82, 2.24) is 20.2 Å². The van der Waals surface area contributed by atoms with E-state index in [-0.39, 0.29) is 35.7 Å². The van der Waals surface area contributed by atoms with Gasteiger partial charge in [0.2, 0.25) is 11.8 Å². The molecule has 2 rings (SSSR count). The number of aryl methyl sites for hydroxylation is 1. The van der Waals surface area contributed by atoms with E-state index in [0.29, 0.717) is 17.2 Å². The average molecular weight is 430 g/mol. The minimum absolute atomic E-state index is 0.0104. The molecule has 0 aliphatic heterocycles. The number of rotatable bonds is 9. The van der Waals surface area contributed by atoms with Gasteiger partial charge in [-0.3, -0.25) is 9.59 Å². The lowest BCUT2D eigenvalue weighted by atomic mass is 10.2. The number of aromatic nitrogens is 2. The highest BCUT2D eigenvalue weighted by atomic mass is 32.2. The van der Waals surface area contributed by atoms with Crippen LogP contribution in [0.2, 0.25) is 0 Å². The Morgan fingerprint density at radius 1 is 1.24 bits per heavy atom. The summed E-state index contributed by atoms with van der Waals surface area (Å²) in [5.41, 5.74) is 0.0939. The second-order valence-electron chi connectivity index (χ2n) is 6.89. The molecule has 2 amide bonds. The molecule has 0 saturated carbocycles. The number of halogens is 3. The zero-order valence-corrected chi connectivity index (χ0v) is 17.4. The Balaban J connectivity index is 2.11. The molecular formula is C19H25F3N4O2S. The SMILES string of the molecule is CCCCn1c(SCC(=O)NCC(=O)NC(C)C)nc2cc(C(F)(F)F)ccc21. The zero-order valence-electron chi connectivity index (χ0n) is 16.6. The van der Waals surface area contributed by atoms with Crippen LogP contribution in [0.5, 0.6) is 0 Å². The minimum Gasteiger partial charge on any atom is -0.352 e. The molecule has 10 heteroatoms. The summed E-state index contributed by atoms with van der Waals surface area (Å²) in [6.45, 7) is 6.13.